The Balaban J connectivity index is 1.99. The fourth-order valence-electron chi connectivity index (χ4n) is 3.48. The summed E-state index contributed by atoms with van der Waals surface area (Å²) >= 11 is 0. The number of anilines is 1. The molecule has 0 fully saturated rings. The van der Waals surface area contributed by atoms with Gasteiger partial charge >= 0.3 is 6.03 Å². The molecule has 0 saturated heterocycles. The number of fused-ring (bicyclic) bond motifs is 1. The van der Waals surface area contributed by atoms with Crippen LogP contribution in [0.2, 0.25) is 0 Å². The third kappa shape index (κ3) is 3.94. The summed E-state index contributed by atoms with van der Waals surface area (Å²) < 4.78 is 10.5. The van der Waals surface area contributed by atoms with E-state index in [-0.39, 0.29) is 6.03 Å². The van der Waals surface area contributed by atoms with Crippen LogP contribution in [0.3, 0.4) is 0 Å². The standard InChI is InChI=1S/C21H25N5O3/c1-5-21(13-22,11-17-24-18(28-3)10-19(25-17)29-4)15-8-7-14-12-26(6-2)20(27)23-16(14)9-15/h7-10H,5-6,11-12H2,1-4H3,(H,23,27). The van der Waals surface area contributed by atoms with Crippen molar-refractivity contribution in [3.8, 4) is 17.8 Å². The second kappa shape index (κ2) is 8.35. The van der Waals surface area contributed by atoms with Gasteiger partial charge in [0.05, 0.1) is 31.8 Å². The van der Waals surface area contributed by atoms with Gasteiger partial charge in [0.2, 0.25) is 11.8 Å². The van der Waals surface area contributed by atoms with E-state index in [1.807, 2.05) is 32.0 Å². The van der Waals surface area contributed by atoms with Crippen LogP contribution in [0.4, 0.5) is 10.5 Å². The van der Waals surface area contributed by atoms with E-state index in [0.29, 0.717) is 43.5 Å². The van der Waals surface area contributed by atoms with E-state index in [9.17, 15) is 10.1 Å². The third-order valence-electron chi connectivity index (χ3n) is 5.36. The lowest BCUT2D eigenvalue weighted by Gasteiger charge is -2.31. The molecule has 0 saturated carbocycles. The number of hydrogen-bond donors (Lipinski definition) is 1. The van der Waals surface area contributed by atoms with Gasteiger partial charge in [0.15, 0.2) is 0 Å². The lowest BCUT2D eigenvalue weighted by atomic mass is 9.76. The normalized spacial score (nSPS) is 15.0. The Kier molecular flexibility index (Phi) is 5.87. The van der Waals surface area contributed by atoms with Crippen LogP contribution in [-0.4, -0.2) is 41.7 Å². The lowest BCUT2D eigenvalue weighted by molar-refractivity contribution is 0.210. The monoisotopic (exact) mass is 395 g/mol. The van der Waals surface area contributed by atoms with E-state index in [0.717, 1.165) is 16.8 Å². The number of benzene rings is 1. The number of aromatic nitrogens is 2. The number of carbonyl (C=O) groups excluding carboxylic acids is 1. The summed E-state index contributed by atoms with van der Waals surface area (Å²) in [6, 6.07) is 9.74. The molecule has 2 heterocycles. The SMILES string of the molecule is CCN1Cc2ccc(C(C#N)(CC)Cc3nc(OC)cc(OC)n3)cc2NC1=O. The number of ether oxygens (including phenoxy) is 2. The molecule has 1 atom stereocenters. The maximum atomic E-state index is 12.2. The quantitative estimate of drug-likeness (QED) is 0.772. The minimum Gasteiger partial charge on any atom is -0.481 e. The van der Waals surface area contributed by atoms with E-state index >= 15 is 0 Å². The minimum atomic E-state index is -0.848. The molecule has 3 rings (SSSR count). The van der Waals surface area contributed by atoms with Gasteiger partial charge in [-0.15, -0.1) is 0 Å². The second-order valence-corrected chi connectivity index (χ2v) is 6.91. The van der Waals surface area contributed by atoms with Gasteiger partial charge in [0, 0.05) is 25.2 Å². The van der Waals surface area contributed by atoms with E-state index in [1.54, 1.807) is 11.0 Å². The van der Waals surface area contributed by atoms with Crippen LogP contribution in [0, 0.1) is 11.3 Å². The van der Waals surface area contributed by atoms with Gasteiger partial charge in [-0.1, -0.05) is 19.1 Å². The van der Waals surface area contributed by atoms with Crippen LogP contribution in [-0.2, 0) is 18.4 Å². The van der Waals surface area contributed by atoms with Crippen molar-refractivity contribution >= 4 is 11.7 Å². The molecule has 0 spiro atoms. The van der Waals surface area contributed by atoms with Gasteiger partial charge < -0.3 is 19.7 Å². The molecule has 8 nitrogen and oxygen atoms in total. The predicted molar refractivity (Wildman–Crippen MR) is 108 cm³/mol. The van der Waals surface area contributed by atoms with Crippen LogP contribution in [0.25, 0.3) is 0 Å². The van der Waals surface area contributed by atoms with Crippen molar-refractivity contribution < 1.29 is 14.3 Å². The summed E-state index contributed by atoms with van der Waals surface area (Å²) in [5, 5.41) is 13.0. The molecule has 1 aromatic heterocycles. The Morgan fingerprint density at radius 1 is 1.21 bits per heavy atom. The molecule has 1 aliphatic heterocycles. The number of methoxy groups -OCH3 is 2. The summed E-state index contributed by atoms with van der Waals surface area (Å²) in [6.07, 6.45) is 0.849. The largest absolute Gasteiger partial charge is 0.481 e. The Morgan fingerprint density at radius 3 is 2.45 bits per heavy atom. The smallest absolute Gasteiger partial charge is 0.322 e. The number of amides is 2. The first-order valence-corrected chi connectivity index (χ1v) is 9.55. The van der Waals surface area contributed by atoms with Gasteiger partial charge in [-0.2, -0.15) is 15.2 Å². The molecule has 1 unspecified atom stereocenters. The van der Waals surface area contributed by atoms with Gasteiger partial charge in [-0.05, 0) is 30.5 Å². The molecule has 2 amide bonds. The topological polar surface area (TPSA) is 100 Å². The number of nitriles is 1. The van der Waals surface area contributed by atoms with Crippen LogP contribution in [0.5, 0.6) is 11.8 Å². The molecule has 29 heavy (non-hydrogen) atoms. The van der Waals surface area contributed by atoms with E-state index in [4.69, 9.17) is 9.47 Å². The first-order chi connectivity index (χ1) is 14.0. The zero-order chi connectivity index (χ0) is 21.0. The predicted octanol–water partition coefficient (Wildman–Crippen LogP) is 3.28. The molecule has 152 valence electrons. The number of nitrogens with zero attached hydrogens (tertiary/aromatic N) is 4. The molecule has 0 bridgehead atoms. The van der Waals surface area contributed by atoms with E-state index in [2.05, 4.69) is 21.4 Å². The molecule has 1 N–H and O–H groups in total. The van der Waals surface area contributed by atoms with Crippen molar-refractivity contribution in [2.45, 2.75) is 38.6 Å². The van der Waals surface area contributed by atoms with Crippen molar-refractivity contribution in [1.29, 1.82) is 5.26 Å². The fraction of sp³-hybridized carbons (Fsp3) is 0.429. The average Bonchev–Trinajstić information content (AvgIpc) is 2.76. The molecule has 8 heteroatoms. The molecule has 0 radical (unpaired) electrons. The van der Waals surface area contributed by atoms with Crippen molar-refractivity contribution in [2.24, 2.45) is 0 Å². The number of hydrogen-bond acceptors (Lipinski definition) is 6. The third-order valence-corrected chi connectivity index (χ3v) is 5.36. The van der Waals surface area contributed by atoms with Crippen LogP contribution < -0.4 is 14.8 Å². The summed E-state index contributed by atoms with van der Waals surface area (Å²) in [5.74, 6) is 1.22. The molecule has 1 aromatic carbocycles. The lowest BCUT2D eigenvalue weighted by Crippen LogP contribution is -2.38. The highest BCUT2D eigenvalue weighted by molar-refractivity contribution is 5.92. The number of nitrogens with one attached hydrogen (secondary N) is 1. The van der Waals surface area contributed by atoms with Crippen molar-refractivity contribution in [2.75, 3.05) is 26.1 Å². The van der Waals surface area contributed by atoms with Crippen molar-refractivity contribution in [3.05, 3.63) is 41.2 Å². The Bertz CT molecular complexity index is 934. The summed E-state index contributed by atoms with van der Waals surface area (Å²) in [5.41, 5.74) is 1.74. The highest BCUT2D eigenvalue weighted by atomic mass is 16.5. The average molecular weight is 395 g/mol. The molecule has 2 aromatic rings. The van der Waals surface area contributed by atoms with Crippen LogP contribution in [0.15, 0.2) is 24.3 Å². The zero-order valence-corrected chi connectivity index (χ0v) is 17.2. The second-order valence-electron chi connectivity index (χ2n) is 6.91. The molecule has 1 aliphatic rings. The maximum Gasteiger partial charge on any atom is 0.322 e. The van der Waals surface area contributed by atoms with Crippen LogP contribution in [0.1, 0.15) is 37.2 Å². The van der Waals surface area contributed by atoms with Gasteiger partial charge in [0.1, 0.15) is 5.82 Å². The first-order valence-electron chi connectivity index (χ1n) is 9.55. The first kappa shape index (κ1) is 20.4. The van der Waals surface area contributed by atoms with Gasteiger partial charge in [-0.25, -0.2) is 4.79 Å². The number of rotatable bonds is 7. The summed E-state index contributed by atoms with van der Waals surface area (Å²) in [6.45, 7) is 5.09. The highest BCUT2D eigenvalue weighted by Gasteiger charge is 2.34. The summed E-state index contributed by atoms with van der Waals surface area (Å²) in [7, 11) is 3.04. The molecular weight excluding hydrogens is 370 g/mol. The van der Waals surface area contributed by atoms with E-state index < -0.39 is 5.41 Å². The van der Waals surface area contributed by atoms with E-state index in [1.165, 1.54) is 14.2 Å². The number of urea groups is 1. The van der Waals surface area contributed by atoms with Crippen molar-refractivity contribution in [1.82, 2.24) is 14.9 Å². The van der Waals surface area contributed by atoms with Gasteiger partial charge in [0.25, 0.3) is 0 Å². The van der Waals surface area contributed by atoms with Crippen molar-refractivity contribution in [3.63, 3.8) is 0 Å². The fourth-order valence-corrected chi connectivity index (χ4v) is 3.48. The maximum absolute atomic E-state index is 12.2. The van der Waals surface area contributed by atoms with Crippen LogP contribution >= 0.6 is 0 Å². The van der Waals surface area contributed by atoms with Gasteiger partial charge in [-0.3, -0.25) is 0 Å². The highest BCUT2D eigenvalue weighted by Crippen LogP contribution is 2.35. The minimum absolute atomic E-state index is 0.128. The molecular formula is C21H25N5O3. The zero-order valence-electron chi connectivity index (χ0n) is 17.2. The Labute approximate surface area is 170 Å². The Hall–Kier alpha value is -3.34. The number of carbonyl (C=O) groups is 1. The Morgan fingerprint density at radius 2 is 1.90 bits per heavy atom. The summed E-state index contributed by atoms with van der Waals surface area (Å²) in [4.78, 5) is 22.7. The molecule has 0 aliphatic carbocycles.